The van der Waals surface area contributed by atoms with Gasteiger partial charge in [-0.15, -0.1) is 6.58 Å². The third kappa shape index (κ3) is 3.26. The van der Waals surface area contributed by atoms with Crippen molar-refractivity contribution in [1.82, 2.24) is 4.90 Å². The highest BCUT2D eigenvalue weighted by atomic mass is 16.6. The number of nitrogens with zero attached hydrogens (tertiary/aromatic N) is 1. The van der Waals surface area contributed by atoms with Crippen molar-refractivity contribution >= 4 is 12.1 Å². The first-order valence-electron chi connectivity index (χ1n) is 8.06. The maximum atomic E-state index is 12.5. The molecule has 2 aromatic carbocycles. The second kappa shape index (κ2) is 7.21. The van der Waals surface area contributed by atoms with E-state index >= 15 is 0 Å². The Bertz CT molecular complexity index is 760. The Labute approximate surface area is 146 Å². The number of rotatable bonds is 4. The van der Waals surface area contributed by atoms with E-state index < -0.39 is 30.3 Å². The SMILES string of the molecule is C=CC[C@H]1C(=O)O[C@H](c2ccccc2)[C@H](c2ccccc2)N1C(=O)O. The third-order valence-electron chi connectivity index (χ3n) is 4.32. The zero-order valence-electron chi connectivity index (χ0n) is 13.6. The fraction of sp³-hybridized carbons (Fsp3) is 0.200. The van der Waals surface area contributed by atoms with Gasteiger partial charge in [0.05, 0.1) is 0 Å². The molecule has 1 amide bonds. The number of benzene rings is 2. The Morgan fingerprint density at radius 3 is 2.16 bits per heavy atom. The van der Waals surface area contributed by atoms with Gasteiger partial charge in [-0.2, -0.15) is 0 Å². The Balaban J connectivity index is 2.12. The quantitative estimate of drug-likeness (QED) is 0.677. The monoisotopic (exact) mass is 337 g/mol. The lowest BCUT2D eigenvalue weighted by Gasteiger charge is -2.43. The summed E-state index contributed by atoms with van der Waals surface area (Å²) in [6.45, 7) is 3.63. The number of amides is 1. The molecule has 1 aliphatic rings. The molecule has 128 valence electrons. The number of carbonyl (C=O) groups is 2. The minimum absolute atomic E-state index is 0.204. The van der Waals surface area contributed by atoms with E-state index in [-0.39, 0.29) is 6.42 Å². The standard InChI is InChI=1S/C20H19NO4/c1-2-9-16-19(22)25-18(15-12-7-4-8-13-15)17(21(16)20(23)24)14-10-5-3-6-11-14/h2-8,10-13,16-18H,1,9H2,(H,23,24)/t16-,17-,18+/m0/s1. The molecule has 0 radical (unpaired) electrons. The average molecular weight is 337 g/mol. The lowest BCUT2D eigenvalue weighted by molar-refractivity contribution is -0.172. The molecule has 1 fully saturated rings. The number of carboxylic acid groups (broad SMARTS) is 1. The van der Waals surface area contributed by atoms with Crippen LogP contribution in [0, 0.1) is 0 Å². The number of cyclic esters (lactones) is 1. The number of esters is 1. The molecule has 1 saturated heterocycles. The number of morpholine rings is 1. The van der Waals surface area contributed by atoms with E-state index in [0.29, 0.717) is 0 Å². The van der Waals surface area contributed by atoms with Crippen LogP contribution in [-0.4, -0.2) is 28.1 Å². The molecule has 0 unspecified atom stereocenters. The fourth-order valence-electron chi connectivity index (χ4n) is 3.22. The van der Waals surface area contributed by atoms with Gasteiger partial charge in [0, 0.05) is 0 Å². The van der Waals surface area contributed by atoms with Crippen molar-refractivity contribution in [2.45, 2.75) is 24.6 Å². The minimum Gasteiger partial charge on any atom is -0.465 e. The number of carbonyl (C=O) groups excluding carboxylic acids is 1. The smallest absolute Gasteiger partial charge is 0.408 e. The second-order valence-corrected chi connectivity index (χ2v) is 5.85. The molecule has 25 heavy (non-hydrogen) atoms. The van der Waals surface area contributed by atoms with Crippen LogP contribution in [-0.2, 0) is 9.53 Å². The van der Waals surface area contributed by atoms with Crippen molar-refractivity contribution < 1.29 is 19.4 Å². The van der Waals surface area contributed by atoms with Crippen LogP contribution in [0.3, 0.4) is 0 Å². The van der Waals surface area contributed by atoms with Gasteiger partial charge in [-0.05, 0) is 17.5 Å². The predicted octanol–water partition coefficient (Wildman–Crippen LogP) is 3.95. The predicted molar refractivity (Wildman–Crippen MR) is 92.9 cm³/mol. The molecule has 0 bridgehead atoms. The van der Waals surface area contributed by atoms with E-state index in [4.69, 9.17) is 4.74 Å². The number of hydrogen-bond acceptors (Lipinski definition) is 3. The highest BCUT2D eigenvalue weighted by Crippen LogP contribution is 2.42. The van der Waals surface area contributed by atoms with E-state index in [9.17, 15) is 14.7 Å². The van der Waals surface area contributed by atoms with E-state index in [1.54, 1.807) is 0 Å². The second-order valence-electron chi connectivity index (χ2n) is 5.85. The van der Waals surface area contributed by atoms with Crippen molar-refractivity contribution in [2.24, 2.45) is 0 Å². The van der Waals surface area contributed by atoms with Crippen LogP contribution in [0.15, 0.2) is 73.3 Å². The topological polar surface area (TPSA) is 66.8 Å². The van der Waals surface area contributed by atoms with Crippen LogP contribution in [0.2, 0.25) is 0 Å². The normalized spacial score (nSPS) is 23.0. The first kappa shape index (κ1) is 16.8. The Morgan fingerprint density at radius 1 is 1.08 bits per heavy atom. The summed E-state index contributed by atoms with van der Waals surface area (Å²) in [7, 11) is 0. The lowest BCUT2D eigenvalue weighted by Crippen LogP contribution is -2.53. The van der Waals surface area contributed by atoms with Crippen LogP contribution in [0.25, 0.3) is 0 Å². The van der Waals surface area contributed by atoms with E-state index in [1.165, 1.54) is 11.0 Å². The molecule has 5 heteroatoms. The molecule has 5 nitrogen and oxygen atoms in total. The van der Waals surface area contributed by atoms with Crippen molar-refractivity contribution in [3.63, 3.8) is 0 Å². The molecular formula is C20H19NO4. The van der Waals surface area contributed by atoms with Crippen LogP contribution >= 0.6 is 0 Å². The van der Waals surface area contributed by atoms with Gasteiger partial charge in [-0.25, -0.2) is 9.59 Å². The minimum atomic E-state index is -1.15. The molecule has 3 atom stereocenters. The Morgan fingerprint density at radius 2 is 1.64 bits per heavy atom. The summed E-state index contributed by atoms with van der Waals surface area (Å²) in [5, 5.41) is 9.83. The van der Waals surface area contributed by atoms with Gasteiger partial charge < -0.3 is 9.84 Å². The van der Waals surface area contributed by atoms with E-state index in [0.717, 1.165) is 11.1 Å². The number of hydrogen-bond donors (Lipinski definition) is 1. The highest BCUT2D eigenvalue weighted by molar-refractivity contribution is 5.83. The Hall–Kier alpha value is -3.08. The van der Waals surface area contributed by atoms with Crippen molar-refractivity contribution in [3.05, 3.63) is 84.4 Å². The first-order valence-corrected chi connectivity index (χ1v) is 8.06. The van der Waals surface area contributed by atoms with E-state index in [1.807, 2.05) is 60.7 Å². The molecular weight excluding hydrogens is 318 g/mol. The maximum Gasteiger partial charge on any atom is 0.408 e. The zero-order chi connectivity index (χ0) is 17.8. The summed E-state index contributed by atoms with van der Waals surface area (Å²) < 4.78 is 5.69. The Kier molecular flexibility index (Phi) is 4.84. The molecule has 3 rings (SSSR count). The van der Waals surface area contributed by atoms with Crippen LogP contribution < -0.4 is 0 Å². The molecule has 0 spiro atoms. The molecule has 1 heterocycles. The van der Waals surface area contributed by atoms with Crippen LogP contribution in [0.4, 0.5) is 4.79 Å². The fourth-order valence-corrected chi connectivity index (χ4v) is 3.22. The molecule has 0 aromatic heterocycles. The molecule has 1 N–H and O–H groups in total. The van der Waals surface area contributed by atoms with Gasteiger partial charge in [0.1, 0.15) is 12.1 Å². The van der Waals surface area contributed by atoms with Crippen molar-refractivity contribution in [3.8, 4) is 0 Å². The molecule has 2 aromatic rings. The maximum absolute atomic E-state index is 12.5. The van der Waals surface area contributed by atoms with Gasteiger partial charge in [-0.1, -0.05) is 66.7 Å². The summed E-state index contributed by atoms with van der Waals surface area (Å²) in [6.07, 6.45) is -0.116. The van der Waals surface area contributed by atoms with Crippen LogP contribution in [0.5, 0.6) is 0 Å². The third-order valence-corrected chi connectivity index (χ3v) is 4.32. The molecule has 1 aliphatic heterocycles. The summed E-state index contributed by atoms with van der Waals surface area (Å²) in [5.41, 5.74) is 1.54. The molecule has 0 saturated carbocycles. The summed E-state index contributed by atoms with van der Waals surface area (Å²) in [4.78, 5) is 25.7. The van der Waals surface area contributed by atoms with Gasteiger partial charge >= 0.3 is 12.1 Å². The van der Waals surface area contributed by atoms with E-state index in [2.05, 4.69) is 6.58 Å². The highest BCUT2D eigenvalue weighted by Gasteiger charge is 2.47. The van der Waals surface area contributed by atoms with Crippen LogP contribution in [0.1, 0.15) is 29.7 Å². The van der Waals surface area contributed by atoms with Gasteiger partial charge in [0.15, 0.2) is 6.10 Å². The van der Waals surface area contributed by atoms with Crippen molar-refractivity contribution in [1.29, 1.82) is 0 Å². The van der Waals surface area contributed by atoms with Gasteiger partial charge in [-0.3, -0.25) is 4.90 Å². The first-order chi connectivity index (χ1) is 12.1. The largest absolute Gasteiger partial charge is 0.465 e. The molecule has 0 aliphatic carbocycles. The average Bonchev–Trinajstić information content (AvgIpc) is 2.64. The summed E-state index contributed by atoms with van der Waals surface area (Å²) in [6, 6.07) is 16.9. The summed E-state index contributed by atoms with van der Waals surface area (Å²) >= 11 is 0. The van der Waals surface area contributed by atoms with Gasteiger partial charge in [0.25, 0.3) is 0 Å². The number of ether oxygens (including phenoxy) is 1. The lowest BCUT2D eigenvalue weighted by atomic mass is 9.91. The van der Waals surface area contributed by atoms with Crippen molar-refractivity contribution in [2.75, 3.05) is 0 Å². The summed E-state index contributed by atoms with van der Waals surface area (Å²) in [5.74, 6) is -0.552. The zero-order valence-corrected chi connectivity index (χ0v) is 13.6. The van der Waals surface area contributed by atoms with Gasteiger partial charge in [0.2, 0.25) is 0 Å².